The predicted octanol–water partition coefficient (Wildman–Crippen LogP) is 4.27. The molecule has 0 aromatic heterocycles. The SMILES string of the molecule is COCCSc1ccccc1C(=O)NC1CCCCCCC1. The van der Waals surface area contributed by atoms with Gasteiger partial charge in [-0.3, -0.25) is 4.79 Å². The summed E-state index contributed by atoms with van der Waals surface area (Å²) in [6, 6.07) is 8.21. The Morgan fingerprint density at radius 1 is 1.18 bits per heavy atom. The summed E-state index contributed by atoms with van der Waals surface area (Å²) < 4.78 is 5.09. The molecule has 0 bridgehead atoms. The van der Waals surface area contributed by atoms with Crippen LogP contribution in [0.1, 0.15) is 55.3 Å². The highest BCUT2D eigenvalue weighted by Crippen LogP contribution is 2.23. The third-order valence-electron chi connectivity index (χ3n) is 4.12. The van der Waals surface area contributed by atoms with Crippen molar-refractivity contribution in [3.05, 3.63) is 29.8 Å². The zero-order valence-corrected chi connectivity index (χ0v) is 14.3. The van der Waals surface area contributed by atoms with Gasteiger partial charge >= 0.3 is 0 Å². The third-order valence-corrected chi connectivity index (χ3v) is 5.15. The van der Waals surface area contributed by atoms with Gasteiger partial charge in [0.2, 0.25) is 0 Å². The second kappa shape index (κ2) is 9.90. The Labute approximate surface area is 138 Å². The van der Waals surface area contributed by atoms with Gasteiger partial charge in [-0.1, -0.05) is 44.2 Å². The summed E-state index contributed by atoms with van der Waals surface area (Å²) in [4.78, 5) is 13.7. The van der Waals surface area contributed by atoms with Gasteiger partial charge in [0.1, 0.15) is 0 Å². The smallest absolute Gasteiger partial charge is 0.252 e. The van der Waals surface area contributed by atoms with Crippen LogP contribution >= 0.6 is 11.8 Å². The first kappa shape index (κ1) is 17.4. The Kier molecular flexibility index (Phi) is 7.81. The zero-order chi connectivity index (χ0) is 15.6. The second-order valence-corrected chi connectivity index (χ2v) is 6.99. The van der Waals surface area contributed by atoms with Crippen molar-refractivity contribution in [1.29, 1.82) is 0 Å². The molecule has 4 heteroatoms. The first-order valence-corrected chi connectivity index (χ1v) is 9.31. The largest absolute Gasteiger partial charge is 0.384 e. The number of carbonyl (C=O) groups excluding carboxylic acids is 1. The molecule has 0 saturated heterocycles. The Morgan fingerprint density at radius 2 is 1.86 bits per heavy atom. The van der Waals surface area contributed by atoms with Crippen LogP contribution in [0.15, 0.2) is 29.2 Å². The Hall–Kier alpha value is -1.00. The van der Waals surface area contributed by atoms with Gasteiger partial charge in [0, 0.05) is 23.8 Å². The normalized spacial score (nSPS) is 16.8. The van der Waals surface area contributed by atoms with Crippen LogP contribution in [0.5, 0.6) is 0 Å². The molecule has 1 saturated carbocycles. The van der Waals surface area contributed by atoms with Crippen LogP contribution in [0.2, 0.25) is 0 Å². The molecule has 1 aliphatic carbocycles. The lowest BCUT2D eigenvalue weighted by Gasteiger charge is -2.21. The molecule has 1 fully saturated rings. The molecule has 1 aliphatic rings. The van der Waals surface area contributed by atoms with Crippen molar-refractivity contribution < 1.29 is 9.53 Å². The van der Waals surface area contributed by atoms with Gasteiger partial charge in [0.05, 0.1) is 12.2 Å². The Bertz CT molecular complexity index is 456. The maximum Gasteiger partial charge on any atom is 0.252 e. The van der Waals surface area contributed by atoms with Crippen molar-refractivity contribution in [1.82, 2.24) is 5.32 Å². The summed E-state index contributed by atoms with van der Waals surface area (Å²) in [7, 11) is 1.70. The van der Waals surface area contributed by atoms with E-state index in [9.17, 15) is 4.79 Å². The van der Waals surface area contributed by atoms with E-state index >= 15 is 0 Å². The number of rotatable bonds is 6. The molecule has 1 aromatic carbocycles. The highest BCUT2D eigenvalue weighted by atomic mass is 32.2. The number of hydrogen-bond acceptors (Lipinski definition) is 3. The van der Waals surface area contributed by atoms with E-state index < -0.39 is 0 Å². The van der Waals surface area contributed by atoms with Crippen molar-refractivity contribution in [3.63, 3.8) is 0 Å². The second-order valence-electron chi connectivity index (χ2n) is 5.85. The van der Waals surface area contributed by atoms with E-state index in [2.05, 4.69) is 5.32 Å². The van der Waals surface area contributed by atoms with E-state index in [0.29, 0.717) is 12.6 Å². The van der Waals surface area contributed by atoms with Crippen molar-refractivity contribution in [3.8, 4) is 0 Å². The number of amides is 1. The highest BCUT2D eigenvalue weighted by molar-refractivity contribution is 7.99. The summed E-state index contributed by atoms with van der Waals surface area (Å²) in [5.41, 5.74) is 0.797. The van der Waals surface area contributed by atoms with Crippen molar-refractivity contribution in [2.24, 2.45) is 0 Å². The van der Waals surface area contributed by atoms with E-state index in [0.717, 1.165) is 29.1 Å². The first-order valence-electron chi connectivity index (χ1n) is 8.33. The minimum Gasteiger partial charge on any atom is -0.384 e. The molecule has 1 amide bonds. The molecule has 2 rings (SSSR count). The number of ether oxygens (including phenoxy) is 1. The summed E-state index contributed by atoms with van der Waals surface area (Å²) in [6.45, 7) is 0.698. The fourth-order valence-corrected chi connectivity index (χ4v) is 3.84. The molecule has 3 nitrogen and oxygen atoms in total. The molecular weight excluding hydrogens is 294 g/mol. The standard InChI is InChI=1S/C18H27NO2S/c1-21-13-14-22-17-12-8-7-11-16(17)18(20)19-15-9-5-3-2-4-6-10-15/h7-8,11-12,15H,2-6,9-10,13-14H2,1H3,(H,19,20). The van der Waals surface area contributed by atoms with Gasteiger partial charge in [0.15, 0.2) is 0 Å². The number of nitrogens with one attached hydrogen (secondary N) is 1. The first-order chi connectivity index (χ1) is 10.8. The molecule has 1 N–H and O–H groups in total. The van der Waals surface area contributed by atoms with Crippen molar-refractivity contribution >= 4 is 17.7 Å². The maximum atomic E-state index is 12.6. The van der Waals surface area contributed by atoms with Gasteiger partial charge in [-0.2, -0.15) is 0 Å². The van der Waals surface area contributed by atoms with E-state index in [1.54, 1.807) is 18.9 Å². The molecule has 0 heterocycles. The lowest BCUT2D eigenvalue weighted by molar-refractivity contribution is 0.0927. The maximum absolute atomic E-state index is 12.6. The van der Waals surface area contributed by atoms with Gasteiger partial charge in [-0.05, 0) is 25.0 Å². The molecule has 0 radical (unpaired) electrons. The fourth-order valence-electron chi connectivity index (χ4n) is 2.88. The Morgan fingerprint density at radius 3 is 2.59 bits per heavy atom. The predicted molar refractivity (Wildman–Crippen MR) is 92.6 cm³/mol. The van der Waals surface area contributed by atoms with Crippen LogP contribution in [0.4, 0.5) is 0 Å². The average molecular weight is 321 g/mol. The molecule has 22 heavy (non-hydrogen) atoms. The van der Waals surface area contributed by atoms with Crippen LogP contribution in [0.3, 0.4) is 0 Å². The average Bonchev–Trinajstić information content (AvgIpc) is 2.50. The Balaban J connectivity index is 1.95. The zero-order valence-electron chi connectivity index (χ0n) is 13.5. The van der Waals surface area contributed by atoms with E-state index in [1.165, 1.54) is 32.1 Å². The minimum absolute atomic E-state index is 0.0751. The van der Waals surface area contributed by atoms with Gasteiger partial charge in [-0.15, -0.1) is 11.8 Å². The number of benzene rings is 1. The van der Waals surface area contributed by atoms with Crippen molar-refractivity contribution in [2.75, 3.05) is 19.5 Å². The number of hydrogen-bond donors (Lipinski definition) is 1. The summed E-state index contributed by atoms with van der Waals surface area (Å²) in [5, 5.41) is 3.25. The number of thioether (sulfide) groups is 1. The molecule has 0 aliphatic heterocycles. The lowest BCUT2D eigenvalue weighted by Crippen LogP contribution is -2.35. The minimum atomic E-state index is 0.0751. The molecular formula is C18H27NO2S. The third kappa shape index (κ3) is 5.65. The monoisotopic (exact) mass is 321 g/mol. The summed E-state index contributed by atoms with van der Waals surface area (Å²) >= 11 is 1.68. The topological polar surface area (TPSA) is 38.3 Å². The fraction of sp³-hybridized carbons (Fsp3) is 0.611. The van der Waals surface area contributed by atoms with Gasteiger partial charge in [-0.25, -0.2) is 0 Å². The lowest BCUT2D eigenvalue weighted by atomic mass is 9.96. The number of methoxy groups -OCH3 is 1. The number of carbonyl (C=O) groups is 1. The van der Waals surface area contributed by atoms with Gasteiger partial charge in [0.25, 0.3) is 5.91 Å². The van der Waals surface area contributed by atoms with Crippen LogP contribution in [0.25, 0.3) is 0 Å². The van der Waals surface area contributed by atoms with E-state index in [1.807, 2.05) is 24.3 Å². The summed E-state index contributed by atoms with van der Waals surface area (Å²) in [6.07, 6.45) is 8.64. The van der Waals surface area contributed by atoms with Crippen molar-refractivity contribution in [2.45, 2.75) is 55.9 Å². The van der Waals surface area contributed by atoms with Crippen LogP contribution in [-0.4, -0.2) is 31.4 Å². The molecule has 0 atom stereocenters. The van der Waals surface area contributed by atoms with Crippen LogP contribution in [0, 0.1) is 0 Å². The van der Waals surface area contributed by atoms with E-state index in [4.69, 9.17) is 4.74 Å². The summed E-state index contributed by atoms with van der Waals surface area (Å²) in [5.74, 6) is 0.940. The highest BCUT2D eigenvalue weighted by Gasteiger charge is 2.17. The van der Waals surface area contributed by atoms with Gasteiger partial charge < -0.3 is 10.1 Å². The van der Waals surface area contributed by atoms with Crippen LogP contribution in [-0.2, 0) is 4.74 Å². The quantitative estimate of drug-likeness (QED) is 0.628. The van der Waals surface area contributed by atoms with E-state index in [-0.39, 0.29) is 5.91 Å². The molecule has 1 aromatic rings. The molecule has 0 spiro atoms. The molecule has 0 unspecified atom stereocenters. The molecule has 122 valence electrons. The van der Waals surface area contributed by atoms with Crippen LogP contribution < -0.4 is 5.32 Å².